The van der Waals surface area contributed by atoms with Crippen molar-refractivity contribution in [2.75, 3.05) is 13.1 Å². The second kappa shape index (κ2) is 7.36. The Morgan fingerprint density at radius 1 is 0.913 bits per heavy atom. The molecule has 126 valence electrons. The van der Waals surface area contributed by atoms with Crippen LogP contribution in [-0.2, 0) is 6.54 Å². The molecule has 2 atom stereocenters. The Hall–Kier alpha value is -0.860. The van der Waals surface area contributed by atoms with Crippen molar-refractivity contribution in [2.24, 2.45) is 11.8 Å². The van der Waals surface area contributed by atoms with E-state index in [1.54, 1.807) is 0 Å². The molecule has 1 aromatic rings. The van der Waals surface area contributed by atoms with Gasteiger partial charge in [0, 0.05) is 31.7 Å². The molecule has 1 heterocycles. The van der Waals surface area contributed by atoms with E-state index >= 15 is 0 Å². The first-order chi connectivity index (χ1) is 11.4. The fraction of sp³-hybridized carbons (Fsp3) is 0.714. The molecule has 2 unspecified atom stereocenters. The van der Waals surface area contributed by atoms with Gasteiger partial charge in [-0.3, -0.25) is 4.90 Å². The summed E-state index contributed by atoms with van der Waals surface area (Å²) in [6.45, 7) is 3.68. The maximum absolute atomic E-state index is 3.87. The molecular formula is C21H32N2. The van der Waals surface area contributed by atoms with Gasteiger partial charge in [0.25, 0.3) is 0 Å². The summed E-state index contributed by atoms with van der Waals surface area (Å²) < 4.78 is 0. The predicted molar refractivity (Wildman–Crippen MR) is 96.3 cm³/mol. The normalized spacial score (nSPS) is 29.9. The first kappa shape index (κ1) is 15.7. The molecule has 0 amide bonds. The summed E-state index contributed by atoms with van der Waals surface area (Å²) in [6, 6.07) is 12.5. The van der Waals surface area contributed by atoms with Crippen LogP contribution in [0.5, 0.6) is 0 Å². The van der Waals surface area contributed by atoms with Gasteiger partial charge in [-0.1, -0.05) is 56.0 Å². The zero-order chi connectivity index (χ0) is 15.5. The molecule has 1 aliphatic heterocycles. The highest BCUT2D eigenvalue weighted by atomic mass is 15.2. The van der Waals surface area contributed by atoms with Gasteiger partial charge in [0.05, 0.1) is 0 Å². The van der Waals surface area contributed by atoms with Gasteiger partial charge in [0.15, 0.2) is 0 Å². The average molecular weight is 313 g/mol. The molecule has 1 aromatic carbocycles. The number of nitrogens with zero attached hydrogens (tertiary/aromatic N) is 1. The van der Waals surface area contributed by atoms with Gasteiger partial charge in [0.2, 0.25) is 0 Å². The third-order valence-electron chi connectivity index (χ3n) is 6.21. The summed E-state index contributed by atoms with van der Waals surface area (Å²) in [7, 11) is 0. The van der Waals surface area contributed by atoms with Crippen molar-refractivity contribution in [1.29, 1.82) is 0 Å². The minimum atomic E-state index is 0.688. The van der Waals surface area contributed by atoms with Crippen molar-refractivity contribution in [3.8, 4) is 0 Å². The molecule has 2 saturated carbocycles. The zero-order valence-electron chi connectivity index (χ0n) is 14.4. The summed E-state index contributed by atoms with van der Waals surface area (Å²) in [4.78, 5) is 2.85. The maximum Gasteiger partial charge on any atom is 0.0208 e. The maximum atomic E-state index is 3.87. The van der Waals surface area contributed by atoms with Crippen LogP contribution in [0.25, 0.3) is 0 Å². The number of hydrogen-bond acceptors (Lipinski definition) is 2. The number of benzene rings is 1. The lowest BCUT2D eigenvalue weighted by Gasteiger charge is -2.41. The molecule has 0 radical (unpaired) electrons. The van der Waals surface area contributed by atoms with Gasteiger partial charge >= 0.3 is 0 Å². The Balaban J connectivity index is 1.35. The zero-order valence-corrected chi connectivity index (χ0v) is 14.4. The van der Waals surface area contributed by atoms with Crippen LogP contribution in [0.3, 0.4) is 0 Å². The van der Waals surface area contributed by atoms with Crippen molar-refractivity contribution in [3.63, 3.8) is 0 Å². The van der Waals surface area contributed by atoms with Gasteiger partial charge in [-0.15, -0.1) is 0 Å². The molecule has 4 rings (SSSR count). The monoisotopic (exact) mass is 312 g/mol. The number of piperidine rings is 1. The van der Waals surface area contributed by atoms with E-state index < -0.39 is 0 Å². The summed E-state index contributed by atoms with van der Waals surface area (Å²) in [5.74, 6) is 2.00. The molecule has 1 saturated heterocycles. The van der Waals surface area contributed by atoms with E-state index in [1.807, 2.05) is 0 Å². The first-order valence-electron chi connectivity index (χ1n) is 9.88. The number of rotatable bonds is 6. The van der Waals surface area contributed by atoms with Crippen molar-refractivity contribution >= 4 is 0 Å². The highest BCUT2D eigenvalue weighted by Gasteiger charge is 2.35. The van der Waals surface area contributed by atoms with E-state index in [9.17, 15) is 0 Å². The average Bonchev–Trinajstić information content (AvgIpc) is 3.23. The van der Waals surface area contributed by atoms with Crippen LogP contribution in [0.1, 0.15) is 56.9 Å². The lowest BCUT2D eigenvalue weighted by molar-refractivity contribution is 0.0924. The van der Waals surface area contributed by atoms with Crippen LogP contribution in [0.4, 0.5) is 0 Å². The van der Waals surface area contributed by atoms with E-state index in [1.165, 1.54) is 70.0 Å². The molecule has 0 spiro atoms. The molecule has 23 heavy (non-hydrogen) atoms. The van der Waals surface area contributed by atoms with Crippen LogP contribution in [0, 0.1) is 11.8 Å². The van der Waals surface area contributed by atoms with Gasteiger partial charge in [-0.25, -0.2) is 0 Å². The van der Waals surface area contributed by atoms with Gasteiger partial charge in [-0.05, 0) is 43.1 Å². The Kier molecular flexibility index (Phi) is 5.01. The predicted octanol–water partition coefficient (Wildman–Crippen LogP) is 4.21. The third-order valence-corrected chi connectivity index (χ3v) is 6.21. The van der Waals surface area contributed by atoms with Crippen LogP contribution in [-0.4, -0.2) is 30.1 Å². The SMILES string of the molecule is c1ccc(CNC2CC(CC3CC3)CN(C3CCCC3)C2)cc1. The largest absolute Gasteiger partial charge is 0.309 e. The standard InChI is InChI=1S/C21H32N2/c1-2-6-18(7-3-1)14-22-20-13-19(12-17-10-11-17)15-23(16-20)21-8-4-5-9-21/h1-3,6-7,17,19-22H,4-5,8-16H2. The molecule has 0 aromatic heterocycles. The summed E-state index contributed by atoms with van der Waals surface area (Å²) in [5, 5.41) is 3.87. The van der Waals surface area contributed by atoms with Crippen molar-refractivity contribution < 1.29 is 0 Å². The first-order valence-corrected chi connectivity index (χ1v) is 9.88. The van der Waals surface area contributed by atoms with Crippen molar-refractivity contribution in [1.82, 2.24) is 10.2 Å². The number of nitrogens with one attached hydrogen (secondary N) is 1. The molecular weight excluding hydrogens is 280 g/mol. The van der Waals surface area contributed by atoms with Crippen molar-refractivity contribution in [2.45, 2.75) is 70.0 Å². The highest BCUT2D eigenvalue weighted by Crippen LogP contribution is 2.39. The Bertz CT molecular complexity index is 476. The minimum Gasteiger partial charge on any atom is -0.309 e. The van der Waals surface area contributed by atoms with Crippen LogP contribution in [0.2, 0.25) is 0 Å². The van der Waals surface area contributed by atoms with Crippen LogP contribution >= 0.6 is 0 Å². The number of likely N-dealkylation sites (tertiary alicyclic amines) is 1. The summed E-state index contributed by atoms with van der Waals surface area (Å²) in [5.41, 5.74) is 1.42. The lowest BCUT2D eigenvalue weighted by Crippen LogP contribution is -2.52. The molecule has 3 fully saturated rings. The lowest BCUT2D eigenvalue weighted by atomic mass is 9.88. The summed E-state index contributed by atoms with van der Waals surface area (Å²) in [6.07, 6.45) is 11.7. The van der Waals surface area contributed by atoms with Gasteiger partial charge in [-0.2, -0.15) is 0 Å². The highest BCUT2D eigenvalue weighted by molar-refractivity contribution is 5.14. The molecule has 2 heteroatoms. The Labute approximate surface area is 141 Å². The Morgan fingerprint density at radius 3 is 2.43 bits per heavy atom. The Morgan fingerprint density at radius 2 is 1.70 bits per heavy atom. The molecule has 2 aliphatic carbocycles. The smallest absolute Gasteiger partial charge is 0.0208 e. The molecule has 1 N–H and O–H groups in total. The minimum absolute atomic E-state index is 0.688. The summed E-state index contributed by atoms with van der Waals surface area (Å²) >= 11 is 0. The van der Waals surface area contributed by atoms with E-state index in [0.717, 1.165) is 24.4 Å². The van der Waals surface area contributed by atoms with Gasteiger partial charge in [0.1, 0.15) is 0 Å². The molecule has 3 aliphatic rings. The van der Waals surface area contributed by atoms with Crippen LogP contribution < -0.4 is 5.32 Å². The topological polar surface area (TPSA) is 15.3 Å². The van der Waals surface area contributed by atoms with Crippen LogP contribution in [0.15, 0.2) is 30.3 Å². The van der Waals surface area contributed by atoms with E-state index in [0.29, 0.717) is 6.04 Å². The van der Waals surface area contributed by atoms with E-state index in [-0.39, 0.29) is 0 Å². The second-order valence-electron chi connectivity index (χ2n) is 8.24. The fourth-order valence-corrected chi connectivity index (χ4v) is 4.81. The third kappa shape index (κ3) is 4.36. The van der Waals surface area contributed by atoms with E-state index in [4.69, 9.17) is 0 Å². The van der Waals surface area contributed by atoms with E-state index in [2.05, 4.69) is 40.5 Å². The van der Waals surface area contributed by atoms with Crippen molar-refractivity contribution in [3.05, 3.63) is 35.9 Å². The second-order valence-corrected chi connectivity index (χ2v) is 8.24. The molecule has 2 nitrogen and oxygen atoms in total. The van der Waals surface area contributed by atoms with Gasteiger partial charge < -0.3 is 5.32 Å². The number of hydrogen-bond donors (Lipinski definition) is 1. The quantitative estimate of drug-likeness (QED) is 0.846. The fourth-order valence-electron chi connectivity index (χ4n) is 4.81. The molecule has 0 bridgehead atoms.